The van der Waals surface area contributed by atoms with Gasteiger partial charge < -0.3 is 10.2 Å². The first-order valence-corrected chi connectivity index (χ1v) is 6.20. The molecule has 0 aliphatic carbocycles. The summed E-state index contributed by atoms with van der Waals surface area (Å²) in [6, 6.07) is 12.5. The van der Waals surface area contributed by atoms with Gasteiger partial charge in [0.15, 0.2) is 0 Å². The fraction of sp³-hybridized carbons (Fsp3) is 0.143. The summed E-state index contributed by atoms with van der Waals surface area (Å²) in [5.41, 5.74) is 2.35. The van der Waals surface area contributed by atoms with Gasteiger partial charge in [-0.05, 0) is 48.2 Å². The van der Waals surface area contributed by atoms with E-state index in [2.05, 4.69) is 15.9 Å². The Labute approximate surface area is 109 Å². The summed E-state index contributed by atoms with van der Waals surface area (Å²) in [4.78, 5) is 0. The van der Waals surface area contributed by atoms with Gasteiger partial charge in [-0.25, -0.2) is 0 Å². The Kier molecular flexibility index (Phi) is 3.69. The van der Waals surface area contributed by atoms with Crippen molar-refractivity contribution in [3.8, 4) is 11.5 Å². The molecule has 0 unspecified atom stereocenters. The first-order chi connectivity index (χ1) is 8.15. The summed E-state index contributed by atoms with van der Waals surface area (Å²) in [6.07, 6.45) is 1.80. The molecule has 0 amide bonds. The first kappa shape index (κ1) is 12.0. The van der Waals surface area contributed by atoms with E-state index in [0.29, 0.717) is 5.75 Å². The highest BCUT2D eigenvalue weighted by Crippen LogP contribution is 2.23. The maximum Gasteiger partial charge on any atom is 0.116 e. The smallest absolute Gasteiger partial charge is 0.116 e. The lowest BCUT2D eigenvalue weighted by atomic mass is 10.0. The van der Waals surface area contributed by atoms with Crippen LogP contribution in [-0.4, -0.2) is 10.2 Å². The summed E-state index contributed by atoms with van der Waals surface area (Å²) < 4.78 is 0.927. The second-order valence-electron chi connectivity index (χ2n) is 3.94. The van der Waals surface area contributed by atoms with Crippen molar-refractivity contribution in [1.29, 1.82) is 0 Å². The SMILES string of the molecule is Oc1ccc(CCc2ccc(O)cc2Br)cc1. The molecule has 0 aliphatic rings. The van der Waals surface area contributed by atoms with Crippen molar-refractivity contribution >= 4 is 15.9 Å². The van der Waals surface area contributed by atoms with Crippen molar-refractivity contribution < 1.29 is 10.2 Å². The minimum absolute atomic E-state index is 0.269. The summed E-state index contributed by atoms with van der Waals surface area (Å²) >= 11 is 3.43. The van der Waals surface area contributed by atoms with Crippen molar-refractivity contribution in [2.75, 3.05) is 0 Å². The lowest BCUT2D eigenvalue weighted by Gasteiger charge is -2.05. The molecule has 0 spiro atoms. The largest absolute Gasteiger partial charge is 0.508 e. The maximum atomic E-state index is 9.30. The average molecular weight is 293 g/mol. The number of rotatable bonds is 3. The number of benzene rings is 2. The van der Waals surface area contributed by atoms with E-state index in [1.807, 2.05) is 18.2 Å². The van der Waals surface area contributed by atoms with Crippen molar-refractivity contribution in [2.45, 2.75) is 12.8 Å². The average Bonchev–Trinajstić information content (AvgIpc) is 2.30. The molecule has 0 heterocycles. The van der Waals surface area contributed by atoms with Crippen molar-refractivity contribution in [3.05, 3.63) is 58.1 Å². The predicted molar refractivity (Wildman–Crippen MR) is 71.3 cm³/mol. The number of phenols is 2. The van der Waals surface area contributed by atoms with Gasteiger partial charge >= 0.3 is 0 Å². The second-order valence-corrected chi connectivity index (χ2v) is 4.80. The minimum atomic E-state index is 0.269. The number of halogens is 1. The maximum absolute atomic E-state index is 9.30. The van der Waals surface area contributed by atoms with Crippen LogP contribution in [0.4, 0.5) is 0 Å². The Hall–Kier alpha value is -1.48. The van der Waals surface area contributed by atoms with Crippen molar-refractivity contribution in [2.24, 2.45) is 0 Å². The van der Waals surface area contributed by atoms with E-state index >= 15 is 0 Å². The third-order valence-electron chi connectivity index (χ3n) is 2.66. The van der Waals surface area contributed by atoms with Gasteiger partial charge in [-0.2, -0.15) is 0 Å². The number of aromatic hydroxyl groups is 2. The third kappa shape index (κ3) is 3.24. The zero-order valence-electron chi connectivity index (χ0n) is 9.23. The molecular formula is C14H13BrO2. The lowest BCUT2D eigenvalue weighted by molar-refractivity contribution is 0.474. The third-order valence-corrected chi connectivity index (χ3v) is 3.39. The Morgan fingerprint density at radius 3 is 2.12 bits per heavy atom. The normalized spacial score (nSPS) is 10.4. The molecule has 0 fully saturated rings. The molecule has 0 aliphatic heterocycles. The molecule has 0 radical (unpaired) electrons. The molecule has 0 atom stereocenters. The quantitative estimate of drug-likeness (QED) is 0.907. The number of hydrogen-bond acceptors (Lipinski definition) is 2. The Morgan fingerprint density at radius 1 is 0.824 bits per heavy atom. The Morgan fingerprint density at radius 2 is 1.47 bits per heavy atom. The van der Waals surface area contributed by atoms with Crippen LogP contribution in [0, 0.1) is 0 Å². The van der Waals surface area contributed by atoms with Crippen molar-refractivity contribution in [3.63, 3.8) is 0 Å². The molecule has 17 heavy (non-hydrogen) atoms. The van der Waals surface area contributed by atoms with E-state index in [1.165, 1.54) is 5.56 Å². The molecule has 2 N–H and O–H groups in total. The molecule has 2 rings (SSSR count). The van der Waals surface area contributed by atoms with Gasteiger partial charge in [0, 0.05) is 4.47 Å². The van der Waals surface area contributed by atoms with Gasteiger partial charge in [0.1, 0.15) is 11.5 Å². The van der Waals surface area contributed by atoms with Crippen LogP contribution in [0.25, 0.3) is 0 Å². The Bertz CT molecular complexity index is 506. The van der Waals surface area contributed by atoms with Gasteiger partial charge in [-0.1, -0.05) is 34.1 Å². The van der Waals surface area contributed by atoms with E-state index < -0.39 is 0 Å². The van der Waals surface area contributed by atoms with E-state index in [4.69, 9.17) is 0 Å². The van der Waals surface area contributed by atoms with E-state index in [-0.39, 0.29) is 5.75 Å². The molecule has 0 aromatic heterocycles. The molecule has 0 saturated carbocycles. The summed E-state index contributed by atoms with van der Waals surface area (Å²) in [7, 11) is 0. The monoisotopic (exact) mass is 292 g/mol. The van der Waals surface area contributed by atoms with Gasteiger partial charge in [0.25, 0.3) is 0 Å². The fourth-order valence-corrected chi connectivity index (χ4v) is 2.25. The van der Waals surface area contributed by atoms with Crippen LogP contribution in [0.5, 0.6) is 11.5 Å². The van der Waals surface area contributed by atoms with Gasteiger partial charge in [0.05, 0.1) is 0 Å². The molecule has 0 saturated heterocycles. The highest BCUT2D eigenvalue weighted by atomic mass is 79.9. The van der Waals surface area contributed by atoms with Crippen LogP contribution in [-0.2, 0) is 12.8 Å². The lowest BCUT2D eigenvalue weighted by Crippen LogP contribution is -1.92. The predicted octanol–water partition coefficient (Wildman–Crippen LogP) is 3.65. The molecule has 3 heteroatoms. The second kappa shape index (κ2) is 5.23. The number of hydrogen-bond donors (Lipinski definition) is 2. The molecule has 2 aromatic rings. The van der Waals surface area contributed by atoms with Crippen LogP contribution in [0.2, 0.25) is 0 Å². The summed E-state index contributed by atoms with van der Waals surface area (Å²) in [6.45, 7) is 0. The van der Waals surface area contributed by atoms with E-state index in [9.17, 15) is 10.2 Å². The summed E-state index contributed by atoms with van der Waals surface area (Å²) in [5, 5.41) is 18.5. The van der Waals surface area contributed by atoms with Gasteiger partial charge in [-0.3, -0.25) is 0 Å². The standard InChI is InChI=1S/C14H13BrO2/c15-14-9-13(17)8-5-11(14)4-1-10-2-6-12(16)7-3-10/h2-3,5-9,16-17H,1,4H2. The Balaban J connectivity index is 2.04. The van der Waals surface area contributed by atoms with Crippen molar-refractivity contribution in [1.82, 2.24) is 0 Å². The molecular weight excluding hydrogens is 280 g/mol. The van der Waals surface area contributed by atoms with E-state index in [1.54, 1.807) is 24.3 Å². The minimum Gasteiger partial charge on any atom is -0.508 e. The van der Waals surface area contributed by atoms with E-state index in [0.717, 1.165) is 22.9 Å². The zero-order valence-corrected chi connectivity index (χ0v) is 10.8. The highest BCUT2D eigenvalue weighted by Gasteiger charge is 2.02. The molecule has 2 aromatic carbocycles. The van der Waals surface area contributed by atoms with Crippen LogP contribution in [0.1, 0.15) is 11.1 Å². The van der Waals surface area contributed by atoms with Crippen LogP contribution < -0.4 is 0 Å². The highest BCUT2D eigenvalue weighted by molar-refractivity contribution is 9.10. The molecule has 0 bridgehead atoms. The van der Waals surface area contributed by atoms with Crippen LogP contribution >= 0.6 is 15.9 Å². The number of aryl methyl sites for hydroxylation is 2. The molecule has 88 valence electrons. The zero-order chi connectivity index (χ0) is 12.3. The topological polar surface area (TPSA) is 40.5 Å². The van der Waals surface area contributed by atoms with Gasteiger partial charge in [-0.15, -0.1) is 0 Å². The first-order valence-electron chi connectivity index (χ1n) is 5.40. The number of phenolic OH excluding ortho intramolecular Hbond substituents is 2. The molecule has 2 nitrogen and oxygen atoms in total. The summed E-state index contributed by atoms with van der Waals surface area (Å²) in [5.74, 6) is 0.560. The van der Waals surface area contributed by atoms with Crippen LogP contribution in [0.3, 0.4) is 0 Å². The fourth-order valence-electron chi connectivity index (χ4n) is 1.68. The van der Waals surface area contributed by atoms with Gasteiger partial charge in [0.2, 0.25) is 0 Å². The van der Waals surface area contributed by atoms with Crippen LogP contribution in [0.15, 0.2) is 46.9 Å².